The Hall–Kier alpha value is -0.580. The minimum atomic E-state index is -4.35. The first-order chi connectivity index (χ1) is 7.78. The highest BCUT2D eigenvalue weighted by Crippen LogP contribution is 2.33. The quantitative estimate of drug-likeness (QED) is 0.768. The minimum Gasteiger partial charge on any atom is -0.364 e. The van der Waals surface area contributed by atoms with E-state index in [4.69, 9.17) is 0 Å². The summed E-state index contributed by atoms with van der Waals surface area (Å²) in [6.07, 6.45) is -1.71. The van der Waals surface area contributed by atoms with Gasteiger partial charge in [-0.05, 0) is 31.1 Å². The molecule has 0 amide bonds. The van der Waals surface area contributed by atoms with E-state index in [2.05, 4.69) is 18.6 Å². The molecule has 0 radical (unpaired) electrons. The van der Waals surface area contributed by atoms with Crippen LogP contribution in [0.2, 0.25) is 0 Å². The van der Waals surface area contributed by atoms with E-state index in [0.29, 0.717) is 11.8 Å². The smallest absolute Gasteiger partial charge is 0.364 e. The number of carbonyl (C=O) groups excluding carboxylic acids is 1. The van der Waals surface area contributed by atoms with E-state index in [1.165, 1.54) is 0 Å². The molecule has 17 heavy (non-hydrogen) atoms. The van der Waals surface area contributed by atoms with Crippen LogP contribution in [0.15, 0.2) is 0 Å². The summed E-state index contributed by atoms with van der Waals surface area (Å²) in [6, 6.07) is 0. The summed E-state index contributed by atoms with van der Waals surface area (Å²) in [7, 11) is 0. The highest BCUT2D eigenvalue weighted by atomic mass is 19.4. The van der Waals surface area contributed by atoms with Gasteiger partial charge in [0.05, 0.1) is 0 Å². The number of carbonyl (C=O) groups is 1. The Morgan fingerprint density at radius 1 is 1.18 bits per heavy atom. The molecule has 2 atom stereocenters. The molecule has 0 spiro atoms. The number of Topliss-reactive ketones (excluding diaryl/α,β-unsaturated/α-hetero) is 1. The molecule has 0 N–H and O–H groups in total. The van der Waals surface area contributed by atoms with Gasteiger partial charge in [-0.2, -0.15) is 13.2 Å². The van der Waals surface area contributed by atoms with Crippen molar-refractivity contribution in [3.05, 3.63) is 0 Å². The zero-order chi connectivity index (χ0) is 13.1. The van der Waals surface area contributed by atoms with Gasteiger partial charge >= 0.3 is 6.18 Å². The topological polar surface area (TPSA) is 26.3 Å². The zero-order valence-corrected chi connectivity index (χ0v) is 10.2. The number of halogens is 3. The monoisotopic (exact) mass is 252 g/mol. The summed E-state index contributed by atoms with van der Waals surface area (Å²) < 4.78 is 39.9. The fraction of sp³-hybridized carbons (Fsp3) is 0.917. The van der Waals surface area contributed by atoms with Crippen molar-refractivity contribution in [3.63, 3.8) is 0 Å². The Bertz CT molecular complexity index is 253. The number of ketones is 1. The molecule has 0 aromatic heterocycles. The molecule has 1 aliphatic rings. The predicted molar refractivity (Wildman–Crippen MR) is 57.6 cm³/mol. The summed E-state index contributed by atoms with van der Waals surface area (Å²) in [5.41, 5.74) is 0. The van der Waals surface area contributed by atoms with Crippen LogP contribution in [0.4, 0.5) is 13.2 Å². The zero-order valence-electron chi connectivity index (χ0n) is 10.2. The van der Waals surface area contributed by atoms with E-state index in [-0.39, 0.29) is 11.7 Å². The van der Waals surface area contributed by atoms with E-state index in [9.17, 15) is 18.0 Å². The lowest BCUT2D eigenvalue weighted by atomic mass is 9.75. The van der Waals surface area contributed by atoms with Crippen molar-refractivity contribution in [1.29, 1.82) is 0 Å². The minimum absolute atomic E-state index is 0.123. The van der Waals surface area contributed by atoms with Crippen molar-refractivity contribution in [2.24, 2.45) is 17.8 Å². The van der Waals surface area contributed by atoms with Crippen LogP contribution in [-0.4, -0.2) is 25.2 Å². The van der Waals surface area contributed by atoms with Gasteiger partial charge in [0, 0.05) is 5.92 Å². The van der Waals surface area contributed by atoms with Crippen molar-refractivity contribution in [3.8, 4) is 0 Å². The Morgan fingerprint density at radius 3 is 2.18 bits per heavy atom. The van der Waals surface area contributed by atoms with Crippen molar-refractivity contribution >= 4 is 5.78 Å². The molecule has 1 saturated carbocycles. The van der Waals surface area contributed by atoms with Gasteiger partial charge in [0.1, 0.15) is 13.2 Å². The van der Waals surface area contributed by atoms with Gasteiger partial charge in [-0.3, -0.25) is 4.79 Å². The lowest BCUT2D eigenvalue weighted by molar-refractivity contribution is -0.176. The number of ether oxygens (including phenoxy) is 1. The van der Waals surface area contributed by atoms with Crippen LogP contribution in [0.5, 0.6) is 0 Å². The van der Waals surface area contributed by atoms with Gasteiger partial charge < -0.3 is 4.74 Å². The van der Waals surface area contributed by atoms with Crippen LogP contribution in [-0.2, 0) is 9.53 Å². The van der Waals surface area contributed by atoms with Gasteiger partial charge in [0.2, 0.25) is 0 Å². The molecule has 1 aliphatic carbocycles. The van der Waals surface area contributed by atoms with E-state index < -0.39 is 19.4 Å². The first-order valence-electron chi connectivity index (χ1n) is 5.95. The molecule has 100 valence electrons. The van der Waals surface area contributed by atoms with E-state index >= 15 is 0 Å². The lowest BCUT2D eigenvalue weighted by Gasteiger charge is -2.30. The Morgan fingerprint density at radius 2 is 1.71 bits per heavy atom. The van der Waals surface area contributed by atoms with Crippen LogP contribution < -0.4 is 0 Å². The summed E-state index contributed by atoms with van der Waals surface area (Å²) in [6.45, 7) is 2.40. The number of rotatable bonds is 4. The third kappa shape index (κ3) is 5.52. The molecule has 0 saturated heterocycles. The standard InChI is InChI=1S/C12H19F3O2/c1-8-3-9(2)5-10(4-8)11(16)6-17-7-12(13,14)15/h8-10H,3-7H2,1-2H3. The average Bonchev–Trinajstić information content (AvgIpc) is 2.13. The van der Waals surface area contributed by atoms with Crippen molar-refractivity contribution in [1.82, 2.24) is 0 Å². The predicted octanol–water partition coefficient (Wildman–Crippen LogP) is 3.21. The van der Waals surface area contributed by atoms with Crippen LogP contribution in [0, 0.1) is 17.8 Å². The maximum Gasteiger partial charge on any atom is 0.411 e. The molecule has 5 heteroatoms. The van der Waals surface area contributed by atoms with E-state index in [1.54, 1.807) is 0 Å². The van der Waals surface area contributed by atoms with Crippen LogP contribution >= 0.6 is 0 Å². The van der Waals surface area contributed by atoms with E-state index in [1.807, 2.05) is 0 Å². The highest BCUT2D eigenvalue weighted by molar-refractivity contribution is 5.82. The first kappa shape index (κ1) is 14.5. The first-order valence-corrected chi connectivity index (χ1v) is 5.95. The highest BCUT2D eigenvalue weighted by Gasteiger charge is 2.31. The second-order valence-electron chi connectivity index (χ2n) is 5.19. The van der Waals surface area contributed by atoms with E-state index in [0.717, 1.165) is 19.3 Å². The Labute approximate surface area is 99.5 Å². The fourth-order valence-corrected chi connectivity index (χ4v) is 2.60. The molecule has 0 aromatic carbocycles. The normalized spacial score (nSPS) is 30.3. The van der Waals surface area contributed by atoms with Crippen molar-refractivity contribution in [2.45, 2.75) is 39.3 Å². The molecule has 0 aromatic rings. The summed E-state index contributed by atoms with van der Waals surface area (Å²) >= 11 is 0. The molecule has 0 bridgehead atoms. The average molecular weight is 252 g/mol. The third-order valence-corrected chi connectivity index (χ3v) is 3.14. The molecule has 1 rings (SSSR count). The van der Waals surface area contributed by atoms with Gasteiger partial charge in [-0.15, -0.1) is 0 Å². The maximum absolute atomic E-state index is 11.8. The third-order valence-electron chi connectivity index (χ3n) is 3.14. The lowest BCUT2D eigenvalue weighted by Crippen LogP contribution is -2.30. The number of hydrogen-bond acceptors (Lipinski definition) is 2. The van der Waals surface area contributed by atoms with Gasteiger partial charge in [0.25, 0.3) is 0 Å². The molecule has 2 unspecified atom stereocenters. The van der Waals surface area contributed by atoms with Crippen LogP contribution in [0.25, 0.3) is 0 Å². The SMILES string of the molecule is CC1CC(C)CC(C(=O)COCC(F)(F)F)C1. The Balaban J connectivity index is 2.32. The van der Waals surface area contributed by atoms with Gasteiger partial charge in [-0.1, -0.05) is 13.8 Å². The molecule has 0 heterocycles. The van der Waals surface area contributed by atoms with Crippen molar-refractivity contribution < 1.29 is 22.7 Å². The number of hydrogen-bond donors (Lipinski definition) is 0. The number of alkyl halides is 3. The molecule has 2 nitrogen and oxygen atoms in total. The second-order valence-corrected chi connectivity index (χ2v) is 5.19. The fourth-order valence-electron chi connectivity index (χ4n) is 2.60. The summed E-state index contributed by atoms with van der Waals surface area (Å²) in [5.74, 6) is 0.625. The Kier molecular flexibility index (Phi) is 4.98. The molecule has 1 fully saturated rings. The maximum atomic E-state index is 11.8. The molecular weight excluding hydrogens is 233 g/mol. The second kappa shape index (κ2) is 5.85. The molecule has 0 aliphatic heterocycles. The summed E-state index contributed by atoms with van der Waals surface area (Å²) in [4.78, 5) is 11.7. The van der Waals surface area contributed by atoms with Crippen molar-refractivity contribution in [2.75, 3.05) is 13.2 Å². The van der Waals surface area contributed by atoms with Crippen LogP contribution in [0.3, 0.4) is 0 Å². The van der Waals surface area contributed by atoms with Gasteiger partial charge in [-0.25, -0.2) is 0 Å². The molecular formula is C12H19F3O2. The van der Waals surface area contributed by atoms with Gasteiger partial charge in [0.15, 0.2) is 5.78 Å². The largest absolute Gasteiger partial charge is 0.411 e. The van der Waals surface area contributed by atoms with Crippen LogP contribution in [0.1, 0.15) is 33.1 Å². The summed E-state index contributed by atoms with van der Waals surface area (Å²) in [5, 5.41) is 0.